The monoisotopic (exact) mass is 498 g/mol. The molecule has 2 aromatic heterocycles. The lowest BCUT2D eigenvalue weighted by Crippen LogP contribution is -2.55. The van der Waals surface area contributed by atoms with Gasteiger partial charge in [0.15, 0.2) is 16.9 Å². The third-order valence-corrected chi connectivity index (χ3v) is 7.15. The minimum atomic E-state index is -0.847. The maximum atomic E-state index is 12.8. The Kier molecular flexibility index (Phi) is 5.92. The summed E-state index contributed by atoms with van der Waals surface area (Å²) in [6.45, 7) is 2.60. The molecule has 35 heavy (non-hydrogen) atoms. The summed E-state index contributed by atoms with van der Waals surface area (Å²) in [7, 11) is 0. The number of halogens is 1. The van der Waals surface area contributed by atoms with Crippen LogP contribution in [0.3, 0.4) is 0 Å². The number of esters is 3. The summed E-state index contributed by atoms with van der Waals surface area (Å²) in [6, 6.07) is 8.20. The number of benzene rings is 1. The van der Waals surface area contributed by atoms with Gasteiger partial charge in [0.1, 0.15) is 24.1 Å². The lowest BCUT2D eigenvalue weighted by atomic mass is 9.63. The van der Waals surface area contributed by atoms with Gasteiger partial charge in [0, 0.05) is 13.8 Å². The minimum absolute atomic E-state index is 0.195. The quantitative estimate of drug-likeness (QED) is 0.296. The first-order chi connectivity index (χ1) is 16.8. The Balaban J connectivity index is 1.54. The van der Waals surface area contributed by atoms with Crippen LogP contribution in [0.4, 0.5) is 0 Å². The van der Waals surface area contributed by atoms with Crippen molar-refractivity contribution in [2.45, 2.75) is 57.5 Å². The van der Waals surface area contributed by atoms with Crippen molar-refractivity contribution in [3.05, 3.63) is 53.7 Å². The Hall–Kier alpha value is -3.53. The topological polar surface area (TPSA) is 123 Å². The number of hydrogen-bond acceptors (Lipinski definition) is 9. The Bertz CT molecular complexity index is 1300. The van der Waals surface area contributed by atoms with Gasteiger partial charge >= 0.3 is 17.9 Å². The van der Waals surface area contributed by atoms with Crippen LogP contribution in [-0.4, -0.2) is 55.7 Å². The van der Waals surface area contributed by atoms with E-state index in [1.807, 2.05) is 6.07 Å². The predicted molar refractivity (Wildman–Crippen MR) is 122 cm³/mol. The molecule has 2 heterocycles. The van der Waals surface area contributed by atoms with E-state index in [0.717, 1.165) is 0 Å². The number of ether oxygens (including phenoxy) is 3. The number of imidazole rings is 1. The standard InChI is InChI=1S/C24H23ClN4O6/c1-13(30)33-19-16(29-12-28-18-21(25)26-11-27-22(18)29)10-24(20(19)34-14(2)31)9-8-17(24)35-23(32)15-6-4-3-5-7-15/h3-7,11-12,16-17,19-20H,8-10H2,1-2H3/t16-,17-,19?,20?,24+/m1/s1. The second kappa shape index (κ2) is 8.92. The zero-order chi connectivity index (χ0) is 24.7. The molecular formula is C24H23ClN4O6. The molecule has 2 aliphatic carbocycles. The molecule has 2 saturated carbocycles. The van der Waals surface area contributed by atoms with Crippen LogP contribution in [-0.2, 0) is 23.8 Å². The molecule has 0 aliphatic heterocycles. The van der Waals surface area contributed by atoms with Crippen LogP contribution in [0.15, 0.2) is 43.0 Å². The lowest BCUT2D eigenvalue weighted by molar-refractivity contribution is -0.190. The van der Waals surface area contributed by atoms with Crippen molar-refractivity contribution >= 4 is 40.7 Å². The first-order valence-electron chi connectivity index (χ1n) is 11.2. The van der Waals surface area contributed by atoms with Gasteiger partial charge < -0.3 is 18.8 Å². The SMILES string of the molecule is CC(=O)OC1C(OC(C)=O)[C@@]2(CC[C@H]2OC(=O)c2ccccc2)C[C@H]1n1cnc2c(Cl)ncnc21. The number of aromatic nitrogens is 4. The van der Waals surface area contributed by atoms with Crippen LogP contribution in [0.25, 0.3) is 11.2 Å². The minimum Gasteiger partial charge on any atom is -0.458 e. The molecule has 0 bridgehead atoms. The van der Waals surface area contributed by atoms with Gasteiger partial charge in [-0.15, -0.1) is 0 Å². The third-order valence-electron chi connectivity index (χ3n) is 6.87. The van der Waals surface area contributed by atoms with Crippen molar-refractivity contribution in [3.8, 4) is 0 Å². The van der Waals surface area contributed by atoms with Gasteiger partial charge in [0.05, 0.1) is 23.3 Å². The zero-order valence-electron chi connectivity index (χ0n) is 19.1. The highest BCUT2D eigenvalue weighted by molar-refractivity contribution is 6.33. The van der Waals surface area contributed by atoms with Gasteiger partial charge in [-0.1, -0.05) is 29.8 Å². The smallest absolute Gasteiger partial charge is 0.338 e. The first kappa shape index (κ1) is 23.2. The highest BCUT2D eigenvalue weighted by atomic mass is 35.5. The van der Waals surface area contributed by atoms with E-state index < -0.39 is 47.7 Å². The molecule has 0 N–H and O–H groups in total. The normalized spacial score (nSPS) is 27.4. The third kappa shape index (κ3) is 4.01. The van der Waals surface area contributed by atoms with Crippen molar-refractivity contribution in [3.63, 3.8) is 0 Å². The number of fused-ring (bicyclic) bond motifs is 1. The number of rotatable bonds is 5. The van der Waals surface area contributed by atoms with E-state index in [1.165, 1.54) is 20.2 Å². The molecule has 182 valence electrons. The Morgan fingerprint density at radius 2 is 1.77 bits per heavy atom. The summed E-state index contributed by atoms with van der Waals surface area (Å²) in [5.74, 6) is -1.51. The second-order valence-corrected chi connectivity index (χ2v) is 9.25. The summed E-state index contributed by atoms with van der Waals surface area (Å²) in [5.41, 5.74) is 0.551. The Morgan fingerprint density at radius 3 is 2.43 bits per heavy atom. The van der Waals surface area contributed by atoms with Crippen LogP contribution in [0.2, 0.25) is 5.15 Å². The zero-order valence-corrected chi connectivity index (χ0v) is 19.8. The highest BCUT2D eigenvalue weighted by Crippen LogP contribution is 2.60. The van der Waals surface area contributed by atoms with E-state index in [4.69, 9.17) is 25.8 Å². The van der Waals surface area contributed by atoms with Crippen molar-refractivity contribution in [1.29, 1.82) is 0 Å². The number of hydrogen-bond donors (Lipinski definition) is 0. The molecule has 2 aliphatic rings. The van der Waals surface area contributed by atoms with E-state index >= 15 is 0 Å². The Labute approximate surface area is 205 Å². The summed E-state index contributed by atoms with van der Waals surface area (Å²) < 4.78 is 19.2. The van der Waals surface area contributed by atoms with Crippen molar-refractivity contribution in [1.82, 2.24) is 19.5 Å². The molecule has 10 nitrogen and oxygen atoms in total. The molecule has 0 saturated heterocycles. The van der Waals surface area contributed by atoms with Crippen molar-refractivity contribution < 1.29 is 28.6 Å². The number of carbonyl (C=O) groups is 3. The van der Waals surface area contributed by atoms with Gasteiger partial charge in [-0.05, 0) is 31.4 Å². The summed E-state index contributed by atoms with van der Waals surface area (Å²) >= 11 is 6.19. The van der Waals surface area contributed by atoms with Gasteiger partial charge in [-0.3, -0.25) is 9.59 Å². The molecule has 0 radical (unpaired) electrons. The Morgan fingerprint density at radius 1 is 1.03 bits per heavy atom. The molecule has 1 spiro atoms. The van der Waals surface area contributed by atoms with Crippen molar-refractivity contribution in [2.75, 3.05) is 0 Å². The second-order valence-electron chi connectivity index (χ2n) is 8.90. The molecule has 2 unspecified atom stereocenters. The largest absolute Gasteiger partial charge is 0.458 e. The molecule has 11 heteroatoms. The number of carbonyl (C=O) groups excluding carboxylic acids is 3. The van der Waals surface area contributed by atoms with E-state index in [9.17, 15) is 14.4 Å². The van der Waals surface area contributed by atoms with Crippen LogP contribution in [0.5, 0.6) is 0 Å². The van der Waals surface area contributed by atoms with Crippen LogP contribution in [0.1, 0.15) is 49.5 Å². The van der Waals surface area contributed by atoms with E-state index in [0.29, 0.717) is 36.0 Å². The fraction of sp³-hybridized carbons (Fsp3) is 0.417. The number of nitrogens with zero attached hydrogens (tertiary/aromatic N) is 4. The average molecular weight is 499 g/mol. The molecular weight excluding hydrogens is 476 g/mol. The average Bonchev–Trinajstić information content (AvgIpc) is 3.38. The van der Waals surface area contributed by atoms with Crippen molar-refractivity contribution in [2.24, 2.45) is 5.41 Å². The summed E-state index contributed by atoms with van der Waals surface area (Å²) in [4.78, 5) is 49.7. The molecule has 5 rings (SSSR count). The molecule has 3 aromatic rings. The van der Waals surface area contributed by atoms with E-state index in [2.05, 4.69) is 15.0 Å². The molecule has 2 fully saturated rings. The summed E-state index contributed by atoms with van der Waals surface area (Å²) in [5, 5.41) is 0.195. The summed E-state index contributed by atoms with van der Waals surface area (Å²) in [6.07, 6.45) is 2.29. The van der Waals surface area contributed by atoms with Crippen LogP contribution in [0, 0.1) is 5.41 Å². The van der Waals surface area contributed by atoms with Gasteiger partial charge in [-0.2, -0.15) is 0 Å². The van der Waals surface area contributed by atoms with E-state index in [-0.39, 0.29) is 5.15 Å². The molecule has 5 atom stereocenters. The lowest BCUT2D eigenvalue weighted by Gasteiger charge is -2.49. The fourth-order valence-corrected chi connectivity index (χ4v) is 5.49. The molecule has 1 aromatic carbocycles. The van der Waals surface area contributed by atoms with Gasteiger partial charge in [-0.25, -0.2) is 19.7 Å². The van der Waals surface area contributed by atoms with E-state index in [1.54, 1.807) is 35.2 Å². The van der Waals surface area contributed by atoms with Gasteiger partial charge in [0.2, 0.25) is 0 Å². The fourth-order valence-electron chi connectivity index (χ4n) is 5.31. The van der Waals surface area contributed by atoms with Gasteiger partial charge in [0.25, 0.3) is 0 Å². The first-order valence-corrected chi connectivity index (χ1v) is 11.6. The predicted octanol–water partition coefficient (Wildman–Crippen LogP) is 3.29. The maximum Gasteiger partial charge on any atom is 0.338 e. The van der Waals surface area contributed by atoms with Crippen LogP contribution < -0.4 is 0 Å². The highest BCUT2D eigenvalue weighted by Gasteiger charge is 2.66. The molecule has 0 amide bonds. The maximum absolute atomic E-state index is 12.8. The van der Waals surface area contributed by atoms with Crippen LogP contribution >= 0.6 is 11.6 Å².